The second-order valence-corrected chi connectivity index (χ2v) is 8.04. The summed E-state index contributed by atoms with van der Waals surface area (Å²) in [5, 5.41) is 12.4. The zero-order chi connectivity index (χ0) is 18.5. The second kappa shape index (κ2) is 8.53. The van der Waals surface area contributed by atoms with Gasteiger partial charge in [0.25, 0.3) is 0 Å². The molecule has 7 nitrogen and oxygen atoms in total. The average molecular weight is 375 g/mol. The van der Waals surface area contributed by atoms with Gasteiger partial charge in [0.2, 0.25) is 11.1 Å². The molecule has 1 amide bonds. The Morgan fingerprint density at radius 3 is 2.65 bits per heavy atom. The monoisotopic (exact) mass is 375 g/mol. The van der Waals surface area contributed by atoms with Gasteiger partial charge in [-0.25, -0.2) is 4.68 Å². The van der Waals surface area contributed by atoms with E-state index >= 15 is 0 Å². The average Bonchev–Trinajstić information content (AvgIpc) is 3.09. The van der Waals surface area contributed by atoms with Crippen LogP contribution in [0, 0.1) is 5.92 Å². The van der Waals surface area contributed by atoms with Crippen LogP contribution in [0.2, 0.25) is 0 Å². The minimum absolute atomic E-state index is 0.167. The highest BCUT2D eigenvalue weighted by molar-refractivity contribution is 8.00. The number of likely N-dealkylation sites (tertiary alicyclic amines) is 1. The molecule has 0 saturated carbocycles. The lowest BCUT2D eigenvalue weighted by Gasteiger charge is -2.31. The lowest BCUT2D eigenvalue weighted by molar-refractivity contribution is -0.131. The molecule has 0 N–H and O–H groups in total. The van der Waals surface area contributed by atoms with Crippen molar-refractivity contribution in [3.05, 3.63) is 29.8 Å². The van der Waals surface area contributed by atoms with Crippen LogP contribution in [0.5, 0.6) is 5.75 Å². The second-order valence-electron chi connectivity index (χ2n) is 6.74. The number of nitrogens with zero attached hydrogens (tertiary/aromatic N) is 5. The Labute approximate surface area is 158 Å². The summed E-state index contributed by atoms with van der Waals surface area (Å²) >= 11 is 1.42. The number of rotatable bonds is 6. The Hall–Kier alpha value is -2.09. The first-order valence-electron chi connectivity index (χ1n) is 8.91. The van der Waals surface area contributed by atoms with Crippen molar-refractivity contribution in [1.29, 1.82) is 0 Å². The van der Waals surface area contributed by atoms with Gasteiger partial charge in [-0.2, -0.15) is 0 Å². The van der Waals surface area contributed by atoms with E-state index in [-0.39, 0.29) is 11.2 Å². The molecule has 0 aliphatic carbocycles. The van der Waals surface area contributed by atoms with Crippen LogP contribution in [-0.4, -0.2) is 56.5 Å². The predicted octanol–water partition coefficient (Wildman–Crippen LogP) is 2.47. The van der Waals surface area contributed by atoms with Crippen molar-refractivity contribution in [2.45, 2.75) is 43.6 Å². The largest absolute Gasteiger partial charge is 0.497 e. The van der Waals surface area contributed by atoms with E-state index in [9.17, 15) is 4.79 Å². The molecule has 1 atom stereocenters. The third kappa shape index (κ3) is 4.55. The van der Waals surface area contributed by atoms with E-state index in [1.807, 2.05) is 36.1 Å². The molecule has 2 aromatic rings. The Morgan fingerprint density at radius 1 is 1.31 bits per heavy atom. The van der Waals surface area contributed by atoms with Gasteiger partial charge in [-0.05, 0) is 53.8 Å². The van der Waals surface area contributed by atoms with Crippen molar-refractivity contribution in [3.8, 4) is 5.75 Å². The summed E-state index contributed by atoms with van der Waals surface area (Å²) < 4.78 is 6.91. The van der Waals surface area contributed by atoms with Gasteiger partial charge in [-0.15, -0.1) is 5.10 Å². The summed E-state index contributed by atoms with van der Waals surface area (Å²) in [6, 6.07) is 7.79. The van der Waals surface area contributed by atoms with Crippen LogP contribution >= 0.6 is 11.8 Å². The first-order chi connectivity index (χ1) is 12.6. The number of ether oxygens (including phenoxy) is 1. The quantitative estimate of drug-likeness (QED) is 0.722. The zero-order valence-corrected chi connectivity index (χ0v) is 16.3. The number of carbonyl (C=O) groups is 1. The summed E-state index contributed by atoms with van der Waals surface area (Å²) in [5.74, 6) is 1.69. The van der Waals surface area contributed by atoms with E-state index in [2.05, 4.69) is 22.4 Å². The van der Waals surface area contributed by atoms with Crippen LogP contribution in [0.15, 0.2) is 29.4 Å². The molecule has 1 aromatic carbocycles. The molecule has 1 aliphatic heterocycles. The van der Waals surface area contributed by atoms with Gasteiger partial charge >= 0.3 is 0 Å². The molecule has 8 heteroatoms. The fourth-order valence-corrected chi connectivity index (χ4v) is 3.85. The number of carbonyl (C=O) groups excluding carboxylic acids is 1. The van der Waals surface area contributed by atoms with E-state index in [0.717, 1.165) is 37.2 Å². The maximum Gasteiger partial charge on any atom is 0.235 e. The molecule has 1 aromatic heterocycles. The third-order valence-corrected chi connectivity index (χ3v) is 5.77. The summed E-state index contributed by atoms with van der Waals surface area (Å²) in [6.07, 6.45) is 2.16. The van der Waals surface area contributed by atoms with Gasteiger partial charge in [0.1, 0.15) is 5.75 Å². The van der Waals surface area contributed by atoms with Crippen LogP contribution in [0.25, 0.3) is 0 Å². The van der Waals surface area contributed by atoms with Crippen LogP contribution < -0.4 is 4.74 Å². The summed E-state index contributed by atoms with van der Waals surface area (Å²) in [6.45, 7) is 6.43. The topological polar surface area (TPSA) is 73.1 Å². The maximum atomic E-state index is 12.7. The summed E-state index contributed by atoms with van der Waals surface area (Å²) in [4.78, 5) is 14.7. The molecule has 1 aliphatic rings. The maximum absolute atomic E-state index is 12.7. The van der Waals surface area contributed by atoms with E-state index in [4.69, 9.17) is 4.74 Å². The van der Waals surface area contributed by atoms with Crippen molar-refractivity contribution in [3.63, 3.8) is 0 Å². The normalized spacial score (nSPS) is 16.5. The molecule has 1 saturated heterocycles. The summed E-state index contributed by atoms with van der Waals surface area (Å²) in [7, 11) is 1.65. The highest BCUT2D eigenvalue weighted by Crippen LogP contribution is 2.25. The molecule has 140 valence electrons. The molecule has 0 bridgehead atoms. The minimum Gasteiger partial charge on any atom is -0.497 e. The third-order valence-electron chi connectivity index (χ3n) is 4.72. The number of hydrogen-bond donors (Lipinski definition) is 0. The lowest BCUT2D eigenvalue weighted by atomic mass is 9.99. The fraction of sp³-hybridized carbons (Fsp3) is 0.556. The molecule has 2 heterocycles. The van der Waals surface area contributed by atoms with Crippen molar-refractivity contribution in [1.82, 2.24) is 25.1 Å². The van der Waals surface area contributed by atoms with E-state index in [0.29, 0.717) is 17.6 Å². The van der Waals surface area contributed by atoms with Crippen LogP contribution in [0.3, 0.4) is 0 Å². The number of piperidine rings is 1. The molecule has 0 radical (unpaired) electrons. The van der Waals surface area contributed by atoms with E-state index in [1.165, 1.54) is 11.8 Å². The molecule has 3 rings (SSSR count). The zero-order valence-electron chi connectivity index (χ0n) is 15.5. The molecule has 1 fully saturated rings. The van der Waals surface area contributed by atoms with Gasteiger partial charge in [0, 0.05) is 13.1 Å². The molecule has 1 unspecified atom stereocenters. The van der Waals surface area contributed by atoms with Gasteiger partial charge in [0.05, 0.1) is 18.9 Å². The summed E-state index contributed by atoms with van der Waals surface area (Å²) in [5.41, 5.74) is 1.07. The number of tetrazole rings is 1. The first kappa shape index (κ1) is 18.7. The Balaban J connectivity index is 1.61. The van der Waals surface area contributed by atoms with Gasteiger partial charge in [0.15, 0.2) is 0 Å². The molecular weight excluding hydrogens is 350 g/mol. The number of methoxy groups -OCH3 is 1. The standard InChI is InChI=1S/C18H25N5O2S/c1-13-8-10-22(11-9-13)17(24)14(2)26-18-19-20-21-23(18)12-15-4-6-16(25-3)7-5-15/h4-7,13-14H,8-12H2,1-3H3. The highest BCUT2D eigenvalue weighted by atomic mass is 32.2. The Bertz CT molecular complexity index is 725. The SMILES string of the molecule is COc1ccc(Cn2nnnc2SC(C)C(=O)N2CCC(C)CC2)cc1. The fourth-order valence-electron chi connectivity index (χ4n) is 2.98. The van der Waals surface area contributed by atoms with Crippen LogP contribution in [0.4, 0.5) is 0 Å². The smallest absolute Gasteiger partial charge is 0.235 e. The van der Waals surface area contributed by atoms with Crippen molar-refractivity contribution in [2.24, 2.45) is 5.92 Å². The number of thioether (sulfide) groups is 1. The van der Waals surface area contributed by atoms with Crippen molar-refractivity contribution >= 4 is 17.7 Å². The van der Waals surface area contributed by atoms with Crippen LogP contribution in [-0.2, 0) is 11.3 Å². The number of hydrogen-bond acceptors (Lipinski definition) is 6. The van der Waals surface area contributed by atoms with Gasteiger partial charge in [-0.1, -0.05) is 30.8 Å². The number of aromatic nitrogens is 4. The first-order valence-corrected chi connectivity index (χ1v) is 9.79. The van der Waals surface area contributed by atoms with Crippen molar-refractivity contribution in [2.75, 3.05) is 20.2 Å². The predicted molar refractivity (Wildman–Crippen MR) is 100 cm³/mol. The highest BCUT2D eigenvalue weighted by Gasteiger charge is 2.26. The van der Waals surface area contributed by atoms with Gasteiger partial charge in [-0.3, -0.25) is 4.79 Å². The molecule has 0 spiro atoms. The van der Waals surface area contributed by atoms with E-state index < -0.39 is 0 Å². The van der Waals surface area contributed by atoms with E-state index in [1.54, 1.807) is 11.8 Å². The molecular formula is C18H25N5O2S. The van der Waals surface area contributed by atoms with Gasteiger partial charge < -0.3 is 9.64 Å². The van der Waals surface area contributed by atoms with Crippen molar-refractivity contribution < 1.29 is 9.53 Å². The molecule has 26 heavy (non-hydrogen) atoms. The minimum atomic E-state index is -0.205. The van der Waals surface area contributed by atoms with Crippen LogP contribution in [0.1, 0.15) is 32.3 Å². The number of benzene rings is 1. The number of amides is 1. The Morgan fingerprint density at radius 2 is 2.00 bits per heavy atom. The Kier molecular flexibility index (Phi) is 6.13. The lowest BCUT2D eigenvalue weighted by Crippen LogP contribution is -2.41.